The normalized spacial score (nSPS) is 18.0. The maximum Gasteiger partial charge on any atom is 0.295 e. The van der Waals surface area contributed by atoms with Crippen LogP contribution in [0.5, 0.6) is 0 Å². The van der Waals surface area contributed by atoms with Gasteiger partial charge in [0.15, 0.2) is 0 Å². The van der Waals surface area contributed by atoms with Crippen molar-refractivity contribution in [2.75, 3.05) is 10.6 Å². The predicted molar refractivity (Wildman–Crippen MR) is 113 cm³/mol. The molecule has 0 spiro atoms. The van der Waals surface area contributed by atoms with Crippen molar-refractivity contribution in [1.82, 2.24) is 24.5 Å². The molecule has 1 aliphatic heterocycles. The number of nitrogens with one attached hydrogen (secondary N) is 2. The molecule has 1 aromatic carbocycles. The van der Waals surface area contributed by atoms with E-state index < -0.39 is 18.4 Å². The molecular formula is C21H25F2N7O. The first-order valence-electron chi connectivity index (χ1n) is 10.2. The number of amides is 1. The highest BCUT2D eigenvalue weighted by Gasteiger charge is 2.34. The molecule has 0 saturated carbocycles. The quantitative estimate of drug-likeness (QED) is 0.645. The van der Waals surface area contributed by atoms with E-state index in [1.807, 2.05) is 42.8 Å². The molecule has 164 valence electrons. The van der Waals surface area contributed by atoms with Gasteiger partial charge in [-0.15, -0.1) is 5.10 Å². The van der Waals surface area contributed by atoms with Crippen LogP contribution < -0.4 is 10.6 Å². The molecule has 0 aliphatic carbocycles. The third-order valence-corrected chi connectivity index (χ3v) is 5.61. The van der Waals surface area contributed by atoms with Gasteiger partial charge in [0.25, 0.3) is 12.3 Å². The van der Waals surface area contributed by atoms with Gasteiger partial charge in [0.1, 0.15) is 6.04 Å². The van der Waals surface area contributed by atoms with Gasteiger partial charge in [0.05, 0.1) is 23.6 Å². The van der Waals surface area contributed by atoms with Crippen molar-refractivity contribution < 1.29 is 13.6 Å². The number of halogens is 2. The van der Waals surface area contributed by atoms with Gasteiger partial charge in [0.2, 0.25) is 11.8 Å². The fraction of sp³-hybridized carbons (Fsp3) is 0.429. The molecular weight excluding hydrogens is 404 g/mol. The lowest BCUT2D eigenvalue weighted by Crippen LogP contribution is -2.33. The molecule has 1 amide bonds. The third-order valence-electron chi connectivity index (χ3n) is 5.61. The lowest BCUT2D eigenvalue weighted by molar-refractivity contribution is 0.0662. The molecule has 2 aromatic heterocycles. The van der Waals surface area contributed by atoms with Crippen molar-refractivity contribution in [3.8, 4) is 0 Å². The first kappa shape index (κ1) is 21.0. The number of fused-ring (bicyclic) bond motifs is 1. The zero-order valence-electron chi connectivity index (χ0n) is 17.9. The van der Waals surface area contributed by atoms with Crippen LogP contribution in [0.4, 0.5) is 20.4 Å². The second-order valence-electron chi connectivity index (χ2n) is 7.97. The summed E-state index contributed by atoms with van der Waals surface area (Å²) < 4.78 is 29.8. The van der Waals surface area contributed by atoms with Crippen LogP contribution >= 0.6 is 0 Å². The Hall–Kier alpha value is -3.30. The van der Waals surface area contributed by atoms with E-state index in [0.29, 0.717) is 17.9 Å². The van der Waals surface area contributed by atoms with Crippen LogP contribution in [0.15, 0.2) is 24.3 Å². The van der Waals surface area contributed by atoms with Crippen LogP contribution in [0, 0.1) is 20.8 Å². The monoisotopic (exact) mass is 429 g/mol. The highest BCUT2D eigenvalue weighted by molar-refractivity contribution is 6.02. The molecule has 8 nitrogen and oxygen atoms in total. The number of alkyl halides is 2. The lowest BCUT2D eigenvalue weighted by atomic mass is 10.1. The summed E-state index contributed by atoms with van der Waals surface area (Å²) in [6.45, 7) is 8.08. The molecule has 2 N–H and O–H groups in total. The maximum atomic E-state index is 13.4. The van der Waals surface area contributed by atoms with Gasteiger partial charge >= 0.3 is 0 Å². The van der Waals surface area contributed by atoms with Crippen LogP contribution in [0.25, 0.3) is 0 Å². The average molecular weight is 429 g/mol. The number of nitrogens with zero attached hydrogens (tertiary/aromatic N) is 5. The molecule has 0 fully saturated rings. The minimum absolute atomic E-state index is 0.160. The van der Waals surface area contributed by atoms with Crippen molar-refractivity contribution >= 4 is 17.5 Å². The SMILES string of the molecule is Cc1ccccc1Cn1nc(C)c(NC(=O)c2nc3n(n2)[C@H](C(F)F)C[C@@H](C)N3)c1C. The molecule has 3 heterocycles. The van der Waals surface area contributed by atoms with Crippen LogP contribution in [0.2, 0.25) is 0 Å². The largest absolute Gasteiger partial charge is 0.352 e. The highest BCUT2D eigenvalue weighted by Crippen LogP contribution is 2.30. The molecule has 0 unspecified atom stereocenters. The average Bonchev–Trinajstić information content (AvgIpc) is 3.25. The zero-order chi connectivity index (χ0) is 22.3. The van der Waals surface area contributed by atoms with E-state index in [9.17, 15) is 13.6 Å². The van der Waals surface area contributed by atoms with E-state index in [1.165, 1.54) is 0 Å². The summed E-state index contributed by atoms with van der Waals surface area (Å²) >= 11 is 0. The molecule has 1 aliphatic rings. The minimum Gasteiger partial charge on any atom is -0.352 e. The van der Waals surface area contributed by atoms with E-state index in [2.05, 4.69) is 25.8 Å². The highest BCUT2D eigenvalue weighted by atomic mass is 19.3. The summed E-state index contributed by atoms with van der Waals surface area (Å²) in [5.41, 5.74) is 4.30. The fourth-order valence-corrected chi connectivity index (χ4v) is 3.85. The van der Waals surface area contributed by atoms with Crippen molar-refractivity contribution in [3.63, 3.8) is 0 Å². The first-order chi connectivity index (χ1) is 14.7. The molecule has 0 saturated heterocycles. The second kappa shape index (κ2) is 8.09. The van der Waals surface area contributed by atoms with Crippen LogP contribution in [0.3, 0.4) is 0 Å². The van der Waals surface area contributed by atoms with Crippen LogP contribution in [-0.4, -0.2) is 42.9 Å². The van der Waals surface area contributed by atoms with Gasteiger partial charge in [-0.25, -0.2) is 13.5 Å². The molecule has 10 heteroatoms. The fourth-order valence-electron chi connectivity index (χ4n) is 3.85. The standard InChI is InChI=1S/C21H25F2N7O/c1-11-7-5-6-8-15(11)10-29-14(4)17(13(3)27-29)25-20(31)19-26-21-24-12(2)9-16(18(22)23)30(21)28-19/h5-8,12,16,18H,9-10H2,1-4H3,(H,25,31)(H,24,26,28)/t12-,16+/m1/s1. The number of carbonyl (C=O) groups excluding carboxylic acids is 1. The Kier molecular flexibility index (Phi) is 5.47. The van der Waals surface area contributed by atoms with E-state index in [-0.39, 0.29) is 24.2 Å². The van der Waals surface area contributed by atoms with Gasteiger partial charge in [-0.1, -0.05) is 24.3 Å². The van der Waals surface area contributed by atoms with Crippen LogP contribution in [-0.2, 0) is 6.54 Å². The summed E-state index contributed by atoms with van der Waals surface area (Å²) in [5, 5.41) is 14.4. The van der Waals surface area contributed by atoms with Gasteiger partial charge < -0.3 is 10.6 Å². The summed E-state index contributed by atoms with van der Waals surface area (Å²) in [5.74, 6) is -0.545. The Balaban J connectivity index is 1.57. The Morgan fingerprint density at radius 3 is 2.71 bits per heavy atom. The van der Waals surface area contributed by atoms with Gasteiger partial charge in [0, 0.05) is 6.04 Å². The lowest BCUT2D eigenvalue weighted by Gasteiger charge is -2.28. The summed E-state index contributed by atoms with van der Waals surface area (Å²) in [6, 6.07) is 6.74. The van der Waals surface area contributed by atoms with Gasteiger partial charge in [-0.2, -0.15) is 10.1 Å². The number of anilines is 2. The number of hydrogen-bond acceptors (Lipinski definition) is 5. The minimum atomic E-state index is -2.59. The van der Waals surface area contributed by atoms with Crippen molar-refractivity contribution in [2.45, 2.75) is 59.2 Å². The number of aromatic nitrogens is 5. The zero-order valence-corrected chi connectivity index (χ0v) is 17.9. The Bertz CT molecular complexity index is 1120. The second-order valence-corrected chi connectivity index (χ2v) is 7.97. The number of rotatable bonds is 5. The molecule has 0 bridgehead atoms. The maximum absolute atomic E-state index is 13.4. The predicted octanol–water partition coefficient (Wildman–Crippen LogP) is 3.71. The Morgan fingerprint density at radius 1 is 1.26 bits per heavy atom. The van der Waals surface area contributed by atoms with Crippen molar-refractivity contribution in [2.24, 2.45) is 0 Å². The van der Waals surface area contributed by atoms with Crippen LogP contribution in [0.1, 0.15) is 52.5 Å². The number of hydrogen-bond donors (Lipinski definition) is 2. The molecule has 3 aromatic rings. The van der Waals surface area contributed by atoms with Crippen molar-refractivity contribution in [3.05, 3.63) is 52.6 Å². The number of aryl methyl sites for hydroxylation is 2. The summed E-state index contributed by atoms with van der Waals surface area (Å²) in [6.07, 6.45) is -2.39. The smallest absolute Gasteiger partial charge is 0.295 e. The van der Waals surface area contributed by atoms with Gasteiger partial charge in [-0.05, 0) is 45.2 Å². The Labute approximate surface area is 178 Å². The van der Waals surface area contributed by atoms with E-state index in [0.717, 1.165) is 21.5 Å². The molecule has 4 rings (SSSR count). The molecule has 31 heavy (non-hydrogen) atoms. The first-order valence-corrected chi connectivity index (χ1v) is 10.2. The summed E-state index contributed by atoms with van der Waals surface area (Å²) in [7, 11) is 0. The molecule has 0 radical (unpaired) electrons. The third kappa shape index (κ3) is 4.01. The van der Waals surface area contributed by atoms with Crippen molar-refractivity contribution in [1.29, 1.82) is 0 Å². The van der Waals surface area contributed by atoms with E-state index in [4.69, 9.17) is 0 Å². The van der Waals surface area contributed by atoms with E-state index in [1.54, 1.807) is 13.8 Å². The Morgan fingerprint density at radius 2 is 2.00 bits per heavy atom. The number of carbonyl (C=O) groups is 1. The number of benzene rings is 1. The topological polar surface area (TPSA) is 89.7 Å². The van der Waals surface area contributed by atoms with Gasteiger partial charge in [-0.3, -0.25) is 9.48 Å². The summed E-state index contributed by atoms with van der Waals surface area (Å²) in [4.78, 5) is 17.0. The van der Waals surface area contributed by atoms with E-state index >= 15 is 0 Å². The molecule has 2 atom stereocenters.